The molecule has 0 aliphatic rings. The number of esters is 1. The van der Waals surface area contributed by atoms with Gasteiger partial charge in [0, 0.05) is 5.56 Å². The molecule has 92 valence electrons. The van der Waals surface area contributed by atoms with E-state index in [1.807, 2.05) is 0 Å². The Morgan fingerprint density at radius 3 is 2.94 bits per heavy atom. The van der Waals surface area contributed by atoms with Crippen molar-refractivity contribution in [3.63, 3.8) is 0 Å². The highest BCUT2D eigenvalue weighted by atomic mass is 19.1. The molecule has 0 amide bonds. The molecule has 3 nitrogen and oxygen atoms in total. The maximum atomic E-state index is 13.3. The Balaban J connectivity index is 2.67. The lowest BCUT2D eigenvalue weighted by Crippen LogP contribution is -2.01. The Kier molecular flexibility index (Phi) is 5.36. The van der Waals surface area contributed by atoms with Crippen molar-refractivity contribution in [2.75, 3.05) is 6.61 Å². The molecule has 0 atom stereocenters. The van der Waals surface area contributed by atoms with Crippen molar-refractivity contribution in [3.8, 4) is 0 Å². The quantitative estimate of drug-likeness (QED) is 0.800. The van der Waals surface area contributed by atoms with Crippen molar-refractivity contribution in [2.45, 2.75) is 20.0 Å². The van der Waals surface area contributed by atoms with Gasteiger partial charge in [0.2, 0.25) is 0 Å². The highest BCUT2D eigenvalue weighted by Gasteiger charge is 2.01. The van der Waals surface area contributed by atoms with E-state index in [9.17, 15) is 9.18 Å². The standard InChI is InChI=1S/C13H15FO3/c1-2-17-13(16)5-3-4-11-8-10(9-15)6-7-12(11)14/h3-4,6-8,15H,2,5,9H2,1H3. The Labute approximate surface area is 99.5 Å². The molecular weight excluding hydrogens is 223 g/mol. The van der Waals surface area contributed by atoms with E-state index >= 15 is 0 Å². The summed E-state index contributed by atoms with van der Waals surface area (Å²) in [5.74, 6) is -0.732. The van der Waals surface area contributed by atoms with Crippen LogP contribution in [0.4, 0.5) is 4.39 Å². The number of aliphatic hydroxyl groups is 1. The summed E-state index contributed by atoms with van der Waals surface area (Å²) in [5.41, 5.74) is 0.975. The minimum absolute atomic E-state index is 0.108. The van der Waals surface area contributed by atoms with Crippen molar-refractivity contribution in [2.24, 2.45) is 0 Å². The van der Waals surface area contributed by atoms with Gasteiger partial charge in [-0.3, -0.25) is 4.79 Å². The number of carbonyl (C=O) groups excluding carboxylic acids is 1. The van der Waals surface area contributed by atoms with Crippen molar-refractivity contribution >= 4 is 12.0 Å². The molecule has 0 unspecified atom stereocenters. The molecule has 0 heterocycles. The van der Waals surface area contributed by atoms with Crippen molar-refractivity contribution in [1.29, 1.82) is 0 Å². The van der Waals surface area contributed by atoms with Crippen LogP contribution in [0.25, 0.3) is 6.08 Å². The maximum absolute atomic E-state index is 13.3. The summed E-state index contributed by atoms with van der Waals surface area (Å²) in [6.45, 7) is 1.92. The highest BCUT2D eigenvalue weighted by molar-refractivity contribution is 5.72. The zero-order valence-corrected chi connectivity index (χ0v) is 9.65. The topological polar surface area (TPSA) is 46.5 Å². The third kappa shape index (κ3) is 4.36. The summed E-state index contributed by atoms with van der Waals surface area (Å²) >= 11 is 0. The van der Waals surface area contributed by atoms with Gasteiger partial charge in [0.05, 0.1) is 19.6 Å². The van der Waals surface area contributed by atoms with Gasteiger partial charge in [-0.05, 0) is 24.6 Å². The van der Waals surface area contributed by atoms with E-state index in [-0.39, 0.29) is 24.8 Å². The van der Waals surface area contributed by atoms with Crippen LogP contribution in [0.1, 0.15) is 24.5 Å². The predicted octanol–water partition coefficient (Wildman–Crippen LogP) is 2.28. The lowest BCUT2D eigenvalue weighted by atomic mass is 10.1. The molecular formula is C13H15FO3. The smallest absolute Gasteiger partial charge is 0.309 e. The molecule has 0 saturated heterocycles. The average molecular weight is 238 g/mol. The Morgan fingerprint density at radius 2 is 2.29 bits per heavy atom. The summed E-state index contributed by atoms with van der Waals surface area (Å²) in [4.78, 5) is 11.0. The molecule has 0 aromatic heterocycles. The van der Waals surface area contributed by atoms with Crippen LogP contribution in [0.3, 0.4) is 0 Å². The van der Waals surface area contributed by atoms with Crippen LogP contribution in [-0.2, 0) is 16.1 Å². The van der Waals surface area contributed by atoms with Gasteiger partial charge in [-0.1, -0.05) is 18.2 Å². The van der Waals surface area contributed by atoms with Crippen molar-refractivity contribution in [1.82, 2.24) is 0 Å². The van der Waals surface area contributed by atoms with Crippen LogP contribution in [0.5, 0.6) is 0 Å². The van der Waals surface area contributed by atoms with Crippen LogP contribution in [-0.4, -0.2) is 17.7 Å². The van der Waals surface area contributed by atoms with Gasteiger partial charge in [-0.15, -0.1) is 0 Å². The first kappa shape index (κ1) is 13.4. The molecule has 0 aliphatic heterocycles. The molecule has 1 rings (SSSR count). The molecule has 0 aliphatic carbocycles. The van der Waals surface area contributed by atoms with Crippen molar-refractivity contribution < 1.29 is 19.0 Å². The van der Waals surface area contributed by atoms with Gasteiger partial charge < -0.3 is 9.84 Å². The van der Waals surface area contributed by atoms with Gasteiger partial charge in [-0.2, -0.15) is 0 Å². The summed E-state index contributed by atoms with van der Waals surface area (Å²) in [5, 5.41) is 8.92. The van der Waals surface area contributed by atoms with Gasteiger partial charge >= 0.3 is 5.97 Å². The Hall–Kier alpha value is -1.68. The van der Waals surface area contributed by atoms with Crippen LogP contribution in [0.15, 0.2) is 24.3 Å². The molecule has 17 heavy (non-hydrogen) atoms. The Morgan fingerprint density at radius 1 is 1.53 bits per heavy atom. The first-order chi connectivity index (χ1) is 8.17. The number of rotatable bonds is 5. The molecule has 0 saturated carbocycles. The Bertz CT molecular complexity index is 413. The summed E-state index contributed by atoms with van der Waals surface area (Å²) in [6, 6.07) is 4.34. The fourth-order valence-electron chi connectivity index (χ4n) is 1.32. The third-order valence-corrected chi connectivity index (χ3v) is 2.13. The lowest BCUT2D eigenvalue weighted by molar-refractivity contribution is -0.142. The van der Waals surface area contributed by atoms with E-state index in [1.165, 1.54) is 30.4 Å². The summed E-state index contributed by atoms with van der Waals surface area (Å²) in [7, 11) is 0. The second kappa shape index (κ2) is 6.81. The van der Waals surface area contributed by atoms with Crippen LogP contribution >= 0.6 is 0 Å². The van der Waals surface area contributed by atoms with Crippen LogP contribution < -0.4 is 0 Å². The first-order valence-electron chi connectivity index (χ1n) is 5.38. The zero-order chi connectivity index (χ0) is 12.7. The number of carbonyl (C=O) groups is 1. The summed E-state index contributed by atoms with van der Waals surface area (Å²) < 4.78 is 18.1. The second-order valence-corrected chi connectivity index (χ2v) is 3.43. The minimum Gasteiger partial charge on any atom is -0.466 e. The number of hydrogen-bond acceptors (Lipinski definition) is 3. The molecule has 1 aromatic carbocycles. The molecule has 4 heteroatoms. The third-order valence-electron chi connectivity index (χ3n) is 2.13. The number of hydrogen-bond donors (Lipinski definition) is 1. The van der Waals surface area contributed by atoms with Gasteiger partial charge in [0.1, 0.15) is 5.82 Å². The predicted molar refractivity (Wildman–Crippen MR) is 62.6 cm³/mol. The normalized spacial score (nSPS) is 10.8. The molecule has 0 radical (unpaired) electrons. The SMILES string of the molecule is CCOC(=O)CC=Cc1cc(CO)ccc1F. The number of ether oxygens (including phenoxy) is 1. The van der Waals surface area contributed by atoms with Crippen LogP contribution in [0, 0.1) is 5.82 Å². The van der Waals surface area contributed by atoms with E-state index in [0.717, 1.165) is 0 Å². The van der Waals surface area contributed by atoms with Crippen LogP contribution in [0.2, 0.25) is 0 Å². The molecule has 0 spiro atoms. The largest absolute Gasteiger partial charge is 0.466 e. The molecule has 0 bridgehead atoms. The van der Waals surface area contributed by atoms with Crippen molar-refractivity contribution in [3.05, 3.63) is 41.2 Å². The van der Waals surface area contributed by atoms with E-state index in [0.29, 0.717) is 17.7 Å². The fraction of sp³-hybridized carbons (Fsp3) is 0.308. The molecule has 1 N–H and O–H groups in total. The average Bonchev–Trinajstić information content (AvgIpc) is 2.32. The second-order valence-electron chi connectivity index (χ2n) is 3.43. The van der Waals surface area contributed by atoms with E-state index in [4.69, 9.17) is 9.84 Å². The van der Waals surface area contributed by atoms with E-state index < -0.39 is 0 Å². The maximum Gasteiger partial charge on any atom is 0.309 e. The summed E-state index contributed by atoms with van der Waals surface area (Å²) in [6.07, 6.45) is 3.15. The molecule has 0 fully saturated rings. The monoisotopic (exact) mass is 238 g/mol. The number of halogens is 1. The zero-order valence-electron chi connectivity index (χ0n) is 9.65. The molecule has 1 aromatic rings. The number of aliphatic hydroxyl groups excluding tert-OH is 1. The first-order valence-corrected chi connectivity index (χ1v) is 5.38. The fourth-order valence-corrected chi connectivity index (χ4v) is 1.32. The van der Waals surface area contributed by atoms with E-state index in [2.05, 4.69) is 0 Å². The van der Waals surface area contributed by atoms with Gasteiger partial charge in [0.15, 0.2) is 0 Å². The minimum atomic E-state index is -0.387. The number of benzene rings is 1. The lowest BCUT2D eigenvalue weighted by Gasteiger charge is -2.01. The van der Waals surface area contributed by atoms with E-state index in [1.54, 1.807) is 6.92 Å². The highest BCUT2D eigenvalue weighted by Crippen LogP contribution is 2.12. The van der Waals surface area contributed by atoms with Gasteiger partial charge in [0.25, 0.3) is 0 Å². The van der Waals surface area contributed by atoms with Gasteiger partial charge in [-0.25, -0.2) is 4.39 Å².